The molecule has 0 saturated heterocycles. The maximum Gasteiger partial charge on any atom is 0.262 e. The zero-order valence-corrected chi connectivity index (χ0v) is 16.9. The van der Waals surface area contributed by atoms with Crippen molar-refractivity contribution in [2.75, 3.05) is 5.75 Å². The third-order valence-corrected chi connectivity index (χ3v) is 5.25. The summed E-state index contributed by atoms with van der Waals surface area (Å²) in [5, 5.41) is 20.6. The summed E-state index contributed by atoms with van der Waals surface area (Å²) in [7, 11) is 0. The van der Waals surface area contributed by atoms with Crippen LogP contribution in [0.15, 0.2) is 46.3 Å². The molecule has 8 heteroatoms. The predicted octanol–water partition coefficient (Wildman–Crippen LogP) is 4.09. The highest BCUT2D eigenvalue weighted by Crippen LogP contribution is 2.26. The van der Waals surface area contributed by atoms with Crippen LogP contribution in [0, 0.1) is 5.92 Å². The van der Waals surface area contributed by atoms with E-state index in [1.54, 1.807) is 22.8 Å². The first-order valence-electron chi connectivity index (χ1n) is 8.64. The van der Waals surface area contributed by atoms with Gasteiger partial charge in [0.2, 0.25) is 0 Å². The van der Waals surface area contributed by atoms with Crippen LogP contribution >= 0.6 is 23.4 Å². The fourth-order valence-corrected chi connectivity index (χ4v) is 3.84. The zero-order valence-electron chi connectivity index (χ0n) is 15.3. The third-order valence-electron chi connectivity index (χ3n) is 4.04. The molecule has 0 amide bonds. The zero-order chi connectivity index (χ0) is 20.4. The van der Waals surface area contributed by atoms with E-state index < -0.39 is 0 Å². The molecule has 1 heterocycles. The number of hydrogen-bond acceptors (Lipinski definition) is 6. The summed E-state index contributed by atoms with van der Waals surface area (Å²) >= 11 is 7.15. The number of rotatable bonds is 6. The van der Waals surface area contributed by atoms with Crippen LogP contribution in [0.1, 0.15) is 24.2 Å². The molecule has 0 bridgehead atoms. The highest BCUT2D eigenvalue weighted by molar-refractivity contribution is 7.99. The van der Waals surface area contributed by atoms with Crippen LogP contribution in [0.4, 0.5) is 0 Å². The Balaban J connectivity index is 1.96. The van der Waals surface area contributed by atoms with Gasteiger partial charge in [0.25, 0.3) is 5.56 Å². The third kappa shape index (κ3) is 4.31. The first kappa shape index (κ1) is 20.2. The second-order valence-electron chi connectivity index (χ2n) is 6.78. The Morgan fingerprint density at radius 1 is 1.21 bits per heavy atom. The fourth-order valence-electron chi connectivity index (χ4n) is 2.77. The predicted molar refractivity (Wildman–Crippen MR) is 111 cm³/mol. The second kappa shape index (κ2) is 8.24. The van der Waals surface area contributed by atoms with Gasteiger partial charge in [-0.3, -0.25) is 14.2 Å². The summed E-state index contributed by atoms with van der Waals surface area (Å²) in [5.74, 6) is -0.549. The highest BCUT2D eigenvalue weighted by atomic mass is 35.5. The minimum absolute atomic E-state index is 0.0119. The molecule has 6 nitrogen and oxygen atoms in total. The minimum atomic E-state index is -0.330. The van der Waals surface area contributed by atoms with Crippen molar-refractivity contribution < 1.29 is 15.0 Å². The molecule has 0 fully saturated rings. The van der Waals surface area contributed by atoms with Gasteiger partial charge >= 0.3 is 0 Å². The number of halogens is 1. The normalized spacial score (nSPS) is 11.3. The van der Waals surface area contributed by atoms with E-state index >= 15 is 0 Å². The van der Waals surface area contributed by atoms with Crippen molar-refractivity contribution in [3.05, 3.63) is 57.3 Å². The minimum Gasteiger partial charge on any atom is -0.508 e. The summed E-state index contributed by atoms with van der Waals surface area (Å²) < 4.78 is 1.55. The lowest BCUT2D eigenvalue weighted by atomic mass is 10.1. The average Bonchev–Trinajstić information content (AvgIpc) is 2.62. The molecule has 0 saturated carbocycles. The molecular weight excluding hydrogens is 400 g/mol. The van der Waals surface area contributed by atoms with E-state index in [9.17, 15) is 19.8 Å². The van der Waals surface area contributed by atoms with Gasteiger partial charge in [-0.2, -0.15) is 0 Å². The number of thioether (sulfide) groups is 1. The van der Waals surface area contributed by atoms with Crippen molar-refractivity contribution in [2.24, 2.45) is 5.92 Å². The van der Waals surface area contributed by atoms with Gasteiger partial charge in [0, 0.05) is 17.6 Å². The van der Waals surface area contributed by atoms with Crippen molar-refractivity contribution in [3.63, 3.8) is 0 Å². The Morgan fingerprint density at radius 2 is 1.96 bits per heavy atom. The molecule has 3 aromatic rings. The molecular formula is C20H19ClN2O4S. The van der Waals surface area contributed by atoms with Gasteiger partial charge < -0.3 is 10.2 Å². The van der Waals surface area contributed by atoms with Crippen LogP contribution in [0.2, 0.25) is 5.02 Å². The summed E-state index contributed by atoms with van der Waals surface area (Å²) in [4.78, 5) is 30.0. The maximum absolute atomic E-state index is 12.9. The topological polar surface area (TPSA) is 92.4 Å². The van der Waals surface area contributed by atoms with Crippen LogP contribution in [-0.2, 0) is 6.54 Å². The van der Waals surface area contributed by atoms with Gasteiger partial charge in [0.05, 0.1) is 22.2 Å². The molecule has 146 valence electrons. The molecule has 3 rings (SSSR count). The Morgan fingerprint density at radius 3 is 2.64 bits per heavy atom. The lowest BCUT2D eigenvalue weighted by Gasteiger charge is -2.15. The molecule has 0 spiro atoms. The molecule has 1 aromatic heterocycles. The summed E-state index contributed by atoms with van der Waals surface area (Å²) in [6, 6.07) is 8.75. The smallest absolute Gasteiger partial charge is 0.262 e. The number of hydrogen-bond donors (Lipinski definition) is 2. The summed E-state index contributed by atoms with van der Waals surface area (Å²) in [6.07, 6.45) is 0. The highest BCUT2D eigenvalue weighted by Gasteiger charge is 2.17. The Kier molecular flexibility index (Phi) is 5.96. The fraction of sp³-hybridized carbons (Fsp3) is 0.250. The van der Waals surface area contributed by atoms with Gasteiger partial charge in [-0.25, -0.2) is 4.98 Å². The van der Waals surface area contributed by atoms with Gasteiger partial charge in [0.1, 0.15) is 11.5 Å². The molecule has 2 aromatic carbocycles. The number of aromatic nitrogens is 2. The van der Waals surface area contributed by atoms with Crippen LogP contribution in [0.25, 0.3) is 10.9 Å². The first-order chi connectivity index (χ1) is 13.3. The average molecular weight is 419 g/mol. The maximum atomic E-state index is 12.9. The summed E-state index contributed by atoms with van der Waals surface area (Å²) in [5.41, 5.74) is 0.413. The first-order valence-corrected chi connectivity index (χ1v) is 10.0. The van der Waals surface area contributed by atoms with Crippen LogP contribution in [0.3, 0.4) is 0 Å². The number of aromatic hydroxyl groups is 2. The van der Waals surface area contributed by atoms with E-state index in [4.69, 9.17) is 11.6 Å². The molecule has 0 radical (unpaired) electrons. The standard InChI is InChI=1S/C20H19ClN2O4S/c1-11(2)9-23-19(27)15-7-12(21)3-6-16(15)22-20(23)28-10-18(26)14-5-4-13(24)8-17(14)25/h3-8,11,24-25H,9-10H2,1-2H3. The van der Waals surface area contributed by atoms with Crippen molar-refractivity contribution in [1.82, 2.24) is 9.55 Å². The van der Waals surface area contributed by atoms with E-state index in [0.717, 1.165) is 17.8 Å². The largest absolute Gasteiger partial charge is 0.508 e. The molecule has 2 N–H and O–H groups in total. The molecule has 28 heavy (non-hydrogen) atoms. The van der Waals surface area contributed by atoms with Crippen LogP contribution in [-0.4, -0.2) is 31.3 Å². The van der Waals surface area contributed by atoms with Crippen molar-refractivity contribution >= 4 is 40.0 Å². The van der Waals surface area contributed by atoms with Gasteiger partial charge in [0.15, 0.2) is 10.9 Å². The lowest BCUT2D eigenvalue weighted by molar-refractivity contribution is 0.102. The number of fused-ring (bicyclic) bond motifs is 1. The monoisotopic (exact) mass is 418 g/mol. The van der Waals surface area contributed by atoms with Gasteiger partial charge in [-0.05, 0) is 36.2 Å². The van der Waals surface area contributed by atoms with E-state index in [0.29, 0.717) is 27.6 Å². The molecule has 0 aliphatic heterocycles. The Hall–Kier alpha value is -2.51. The van der Waals surface area contributed by atoms with Gasteiger partial charge in [-0.1, -0.05) is 37.2 Å². The molecule has 0 aliphatic rings. The van der Waals surface area contributed by atoms with Crippen molar-refractivity contribution in [1.29, 1.82) is 0 Å². The SMILES string of the molecule is CC(C)Cn1c(SCC(=O)c2ccc(O)cc2O)nc2ccc(Cl)cc2c1=O. The number of carbonyl (C=O) groups is 1. The Labute approximate surface area is 170 Å². The van der Waals surface area contributed by atoms with Crippen molar-refractivity contribution in [2.45, 2.75) is 25.5 Å². The molecule has 0 unspecified atom stereocenters. The van der Waals surface area contributed by atoms with Gasteiger partial charge in [-0.15, -0.1) is 0 Å². The van der Waals surface area contributed by atoms with E-state index in [-0.39, 0.29) is 40.1 Å². The number of phenols is 2. The number of carbonyl (C=O) groups excluding carboxylic acids is 1. The van der Waals surface area contributed by atoms with E-state index in [1.807, 2.05) is 13.8 Å². The molecule has 0 aliphatic carbocycles. The van der Waals surface area contributed by atoms with Crippen LogP contribution in [0.5, 0.6) is 11.5 Å². The lowest BCUT2D eigenvalue weighted by Crippen LogP contribution is -2.25. The number of benzene rings is 2. The van der Waals surface area contributed by atoms with Crippen molar-refractivity contribution in [3.8, 4) is 11.5 Å². The number of phenolic OH excluding ortho intramolecular Hbond substituents is 2. The number of nitrogens with zero attached hydrogens (tertiary/aromatic N) is 2. The van der Waals surface area contributed by atoms with E-state index in [1.165, 1.54) is 12.1 Å². The van der Waals surface area contributed by atoms with Crippen LogP contribution < -0.4 is 5.56 Å². The number of ketones is 1. The quantitative estimate of drug-likeness (QED) is 0.356. The number of Topliss-reactive ketones (excluding diaryl/α,β-unsaturated/α-hetero) is 1. The second-order valence-corrected chi connectivity index (χ2v) is 8.16. The Bertz CT molecular complexity index is 1110. The summed E-state index contributed by atoms with van der Waals surface area (Å²) in [6.45, 7) is 4.43. The molecule has 0 atom stereocenters. The van der Waals surface area contributed by atoms with E-state index in [2.05, 4.69) is 4.98 Å².